The lowest BCUT2D eigenvalue weighted by atomic mass is 10.2. The highest BCUT2D eigenvalue weighted by Gasteiger charge is 2.35. The lowest BCUT2D eigenvalue weighted by Gasteiger charge is -2.20. The number of aliphatic hydroxyl groups is 1. The molecule has 0 saturated heterocycles. The Hall–Kier alpha value is -1.33. The topological polar surface area (TPSA) is 88.3 Å². The van der Waals surface area contributed by atoms with E-state index in [2.05, 4.69) is 4.98 Å². The Balaban J connectivity index is 2.38. The standard InChI is InChI=1S/C17H17Cl2N2O3P/c1-2-24-25(23,12-5-3-4-10(18)8-12)16-13-9-11(19)6-7-14(13)21-15(16)17(20)22/h3-9,17,21-22H,2,20H2,1H3. The maximum absolute atomic E-state index is 14.0. The molecule has 0 spiro atoms. The fourth-order valence-corrected chi connectivity index (χ4v) is 5.75. The second kappa shape index (κ2) is 7.12. The van der Waals surface area contributed by atoms with Crippen molar-refractivity contribution in [2.24, 2.45) is 5.73 Å². The fourth-order valence-electron chi connectivity index (χ4n) is 2.81. The zero-order valence-electron chi connectivity index (χ0n) is 13.4. The smallest absolute Gasteiger partial charge is 0.263 e. The van der Waals surface area contributed by atoms with Crippen molar-refractivity contribution in [3.8, 4) is 0 Å². The van der Waals surface area contributed by atoms with Crippen LogP contribution in [0.15, 0.2) is 42.5 Å². The van der Waals surface area contributed by atoms with Gasteiger partial charge in [0.15, 0.2) is 0 Å². The molecule has 0 amide bonds. The van der Waals surface area contributed by atoms with Crippen LogP contribution in [-0.4, -0.2) is 16.7 Å². The number of aromatic amines is 1. The summed E-state index contributed by atoms with van der Waals surface area (Å²) in [5, 5.41) is 12.2. The number of aromatic nitrogens is 1. The predicted octanol–water partition coefficient (Wildman–Crippen LogP) is 3.69. The summed E-state index contributed by atoms with van der Waals surface area (Å²) < 4.78 is 19.7. The Bertz CT molecular complexity index is 972. The van der Waals surface area contributed by atoms with E-state index in [0.29, 0.717) is 31.6 Å². The molecule has 2 atom stereocenters. The maximum atomic E-state index is 14.0. The van der Waals surface area contributed by atoms with Crippen molar-refractivity contribution < 1.29 is 14.2 Å². The van der Waals surface area contributed by atoms with Crippen LogP contribution in [0.2, 0.25) is 10.0 Å². The molecule has 0 bridgehead atoms. The van der Waals surface area contributed by atoms with Gasteiger partial charge in [0.2, 0.25) is 0 Å². The first-order valence-electron chi connectivity index (χ1n) is 7.63. The van der Waals surface area contributed by atoms with E-state index in [4.69, 9.17) is 33.5 Å². The zero-order chi connectivity index (χ0) is 18.2. The van der Waals surface area contributed by atoms with Gasteiger partial charge in [0.25, 0.3) is 7.37 Å². The molecule has 0 aliphatic carbocycles. The van der Waals surface area contributed by atoms with Crippen molar-refractivity contribution in [1.82, 2.24) is 4.98 Å². The summed E-state index contributed by atoms with van der Waals surface area (Å²) in [5.41, 5.74) is 6.59. The van der Waals surface area contributed by atoms with Crippen LogP contribution in [0.5, 0.6) is 0 Å². The van der Waals surface area contributed by atoms with Gasteiger partial charge in [-0.05, 0) is 43.3 Å². The summed E-state index contributed by atoms with van der Waals surface area (Å²) in [7, 11) is -3.57. The second-order valence-electron chi connectivity index (χ2n) is 5.47. The number of nitrogens with two attached hydrogens (primary N) is 1. The number of H-pyrrole nitrogens is 1. The molecule has 8 heteroatoms. The van der Waals surface area contributed by atoms with Crippen LogP contribution in [0.3, 0.4) is 0 Å². The molecule has 0 aliphatic rings. The highest BCUT2D eigenvalue weighted by molar-refractivity contribution is 7.75. The number of fused-ring (bicyclic) bond motifs is 1. The molecule has 5 nitrogen and oxygen atoms in total. The predicted molar refractivity (Wildman–Crippen MR) is 102 cm³/mol. The van der Waals surface area contributed by atoms with Crippen LogP contribution in [0.25, 0.3) is 10.9 Å². The molecule has 3 rings (SSSR count). The quantitative estimate of drug-likeness (QED) is 0.451. The molecule has 1 heterocycles. The van der Waals surface area contributed by atoms with Gasteiger partial charge in [0, 0.05) is 26.3 Å². The van der Waals surface area contributed by atoms with Gasteiger partial charge in [0.1, 0.15) is 6.23 Å². The molecule has 3 aromatic rings. The molecule has 1 aromatic heterocycles. The van der Waals surface area contributed by atoms with E-state index in [0.717, 1.165) is 0 Å². The lowest BCUT2D eigenvalue weighted by Crippen LogP contribution is -2.25. The van der Waals surface area contributed by atoms with Crippen LogP contribution in [0.4, 0.5) is 0 Å². The van der Waals surface area contributed by atoms with Gasteiger partial charge in [-0.25, -0.2) is 0 Å². The third-order valence-corrected chi connectivity index (χ3v) is 6.93. The van der Waals surface area contributed by atoms with Crippen molar-refractivity contribution in [3.05, 3.63) is 58.2 Å². The average Bonchev–Trinajstić information content (AvgIpc) is 2.94. The number of halogens is 2. The van der Waals surface area contributed by atoms with E-state index in [-0.39, 0.29) is 12.3 Å². The number of rotatable bonds is 5. The zero-order valence-corrected chi connectivity index (χ0v) is 15.8. The Morgan fingerprint density at radius 3 is 2.60 bits per heavy atom. The molecule has 0 radical (unpaired) electrons. The van der Waals surface area contributed by atoms with Crippen LogP contribution < -0.4 is 16.3 Å². The molecular weight excluding hydrogens is 382 g/mol. The first-order chi connectivity index (χ1) is 11.9. The Labute approximate surface area is 155 Å². The minimum Gasteiger partial charge on any atom is -0.373 e. The van der Waals surface area contributed by atoms with Gasteiger partial charge < -0.3 is 20.3 Å². The minimum atomic E-state index is -3.57. The molecule has 0 saturated carbocycles. The molecule has 4 N–H and O–H groups in total. The summed E-state index contributed by atoms with van der Waals surface area (Å²) in [4.78, 5) is 3.02. The molecule has 2 unspecified atom stereocenters. The van der Waals surface area contributed by atoms with E-state index in [1.807, 2.05) is 0 Å². The lowest BCUT2D eigenvalue weighted by molar-refractivity contribution is 0.183. The van der Waals surface area contributed by atoms with Crippen molar-refractivity contribution in [3.63, 3.8) is 0 Å². The van der Waals surface area contributed by atoms with Crippen molar-refractivity contribution in [1.29, 1.82) is 0 Å². The summed E-state index contributed by atoms with van der Waals surface area (Å²) >= 11 is 12.2. The second-order valence-corrected chi connectivity index (χ2v) is 8.67. The number of benzene rings is 2. The van der Waals surface area contributed by atoms with Gasteiger partial charge in [0.05, 0.1) is 17.6 Å². The largest absolute Gasteiger partial charge is 0.373 e. The van der Waals surface area contributed by atoms with Gasteiger partial charge in [-0.15, -0.1) is 0 Å². The van der Waals surface area contributed by atoms with E-state index >= 15 is 0 Å². The van der Waals surface area contributed by atoms with Gasteiger partial charge >= 0.3 is 0 Å². The third kappa shape index (κ3) is 3.36. The molecule has 25 heavy (non-hydrogen) atoms. The monoisotopic (exact) mass is 398 g/mol. The first-order valence-corrected chi connectivity index (χ1v) is 10.0. The third-order valence-electron chi connectivity index (χ3n) is 3.81. The van der Waals surface area contributed by atoms with Crippen molar-refractivity contribution in [2.45, 2.75) is 13.2 Å². The highest BCUT2D eigenvalue weighted by atomic mass is 35.5. The Morgan fingerprint density at radius 2 is 1.96 bits per heavy atom. The SMILES string of the molecule is CCOP(=O)(c1cccc(Cl)c1)c1c(C(N)O)[nH]c2ccc(Cl)cc12. The van der Waals surface area contributed by atoms with Crippen LogP contribution in [0, 0.1) is 0 Å². The normalized spacial score (nSPS) is 15.2. The summed E-state index contributed by atoms with van der Waals surface area (Å²) in [5.74, 6) is 0. The number of aliphatic hydroxyl groups excluding tert-OH is 1. The minimum absolute atomic E-state index is 0.205. The maximum Gasteiger partial charge on any atom is 0.263 e. The Kier molecular flexibility index (Phi) is 5.26. The van der Waals surface area contributed by atoms with Gasteiger partial charge in [-0.1, -0.05) is 29.3 Å². The van der Waals surface area contributed by atoms with Crippen LogP contribution in [-0.2, 0) is 9.09 Å². The van der Waals surface area contributed by atoms with Crippen molar-refractivity contribution >= 4 is 52.1 Å². The van der Waals surface area contributed by atoms with E-state index in [1.165, 1.54) is 0 Å². The average molecular weight is 399 g/mol. The molecular formula is C17H17Cl2N2O3P. The summed E-state index contributed by atoms with van der Waals surface area (Å²) in [6.07, 6.45) is -1.35. The van der Waals surface area contributed by atoms with Crippen molar-refractivity contribution in [2.75, 3.05) is 6.61 Å². The Morgan fingerprint density at radius 1 is 1.24 bits per heavy atom. The number of hydrogen-bond acceptors (Lipinski definition) is 4. The van der Waals surface area contributed by atoms with E-state index in [1.54, 1.807) is 49.4 Å². The molecule has 132 valence electrons. The van der Waals surface area contributed by atoms with Crippen LogP contribution in [0.1, 0.15) is 18.8 Å². The first kappa shape index (κ1) is 18.5. The summed E-state index contributed by atoms with van der Waals surface area (Å²) in [6, 6.07) is 11.8. The number of hydrogen-bond donors (Lipinski definition) is 3. The molecule has 0 aliphatic heterocycles. The molecule has 0 fully saturated rings. The fraction of sp³-hybridized carbons (Fsp3) is 0.176. The van der Waals surface area contributed by atoms with Gasteiger partial charge in [-0.3, -0.25) is 4.57 Å². The van der Waals surface area contributed by atoms with E-state index in [9.17, 15) is 9.67 Å². The number of nitrogens with one attached hydrogen (secondary N) is 1. The van der Waals surface area contributed by atoms with E-state index < -0.39 is 13.6 Å². The highest BCUT2D eigenvalue weighted by Crippen LogP contribution is 2.48. The van der Waals surface area contributed by atoms with Crippen LogP contribution >= 0.6 is 30.6 Å². The van der Waals surface area contributed by atoms with Gasteiger partial charge in [-0.2, -0.15) is 0 Å². The molecule has 2 aromatic carbocycles. The summed E-state index contributed by atoms with van der Waals surface area (Å²) in [6.45, 7) is 1.95.